The molecule has 1 aromatic heterocycles. The molecule has 1 aliphatic heterocycles. The van der Waals surface area contributed by atoms with Crippen molar-refractivity contribution in [1.29, 1.82) is 0 Å². The van der Waals surface area contributed by atoms with Crippen LogP contribution in [0.5, 0.6) is 5.75 Å². The van der Waals surface area contributed by atoms with Gasteiger partial charge in [-0.25, -0.2) is 23.5 Å². The molecule has 0 saturated carbocycles. The highest BCUT2D eigenvalue weighted by molar-refractivity contribution is 7.82. The number of hydrogen-bond donors (Lipinski definition) is 2. The van der Waals surface area contributed by atoms with Crippen LogP contribution in [0.3, 0.4) is 0 Å². The van der Waals surface area contributed by atoms with Crippen molar-refractivity contribution in [2.75, 3.05) is 47.9 Å². The van der Waals surface area contributed by atoms with E-state index >= 15 is 0 Å². The maximum Gasteiger partial charge on any atom is 0.336 e. The SMILES string of the molecule is COc1cnc(-c2ccc(NC(=O)N(S)c3ccc(F)cc3)cc2)nc1N1CCOCC1. The highest BCUT2D eigenvalue weighted by Crippen LogP contribution is 2.29. The molecule has 0 bridgehead atoms. The van der Waals surface area contributed by atoms with Crippen molar-refractivity contribution in [3.05, 3.63) is 60.5 Å². The number of rotatable bonds is 5. The second kappa shape index (κ2) is 9.84. The number of amides is 2. The van der Waals surface area contributed by atoms with Crippen LogP contribution >= 0.6 is 12.8 Å². The molecule has 2 heterocycles. The van der Waals surface area contributed by atoms with Gasteiger partial charge in [0.25, 0.3) is 0 Å². The van der Waals surface area contributed by atoms with E-state index in [-0.39, 0.29) is 5.82 Å². The summed E-state index contributed by atoms with van der Waals surface area (Å²) in [4.78, 5) is 23.7. The molecule has 0 spiro atoms. The van der Waals surface area contributed by atoms with Crippen LogP contribution in [0, 0.1) is 5.82 Å². The molecule has 166 valence electrons. The van der Waals surface area contributed by atoms with E-state index in [0.717, 1.165) is 28.8 Å². The van der Waals surface area contributed by atoms with Gasteiger partial charge in [-0.2, -0.15) is 0 Å². The molecule has 32 heavy (non-hydrogen) atoms. The minimum absolute atomic E-state index is 0.385. The zero-order chi connectivity index (χ0) is 22.5. The number of nitrogens with one attached hydrogen (secondary N) is 1. The van der Waals surface area contributed by atoms with Crippen LogP contribution in [0.2, 0.25) is 0 Å². The van der Waals surface area contributed by atoms with Crippen molar-refractivity contribution in [3.8, 4) is 17.1 Å². The second-order valence-electron chi connectivity index (χ2n) is 6.98. The Hall–Kier alpha value is -3.37. The number of ether oxygens (including phenoxy) is 2. The molecule has 0 unspecified atom stereocenters. The Morgan fingerprint density at radius 3 is 2.50 bits per heavy atom. The van der Waals surface area contributed by atoms with Gasteiger partial charge in [-0.05, 0) is 48.5 Å². The summed E-state index contributed by atoms with van der Waals surface area (Å²) in [6.45, 7) is 2.73. The van der Waals surface area contributed by atoms with E-state index in [2.05, 4.69) is 28.0 Å². The Kier molecular flexibility index (Phi) is 6.72. The van der Waals surface area contributed by atoms with Crippen molar-refractivity contribution in [2.45, 2.75) is 0 Å². The quantitative estimate of drug-likeness (QED) is 0.566. The largest absolute Gasteiger partial charge is 0.491 e. The van der Waals surface area contributed by atoms with E-state index in [1.54, 1.807) is 25.4 Å². The van der Waals surface area contributed by atoms with Crippen LogP contribution < -0.4 is 19.3 Å². The molecule has 8 nitrogen and oxygen atoms in total. The van der Waals surface area contributed by atoms with Crippen LogP contribution in [0.4, 0.5) is 26.4 Å². The molecular formula is C22H22FN5O3S. The number of thiol groups is 1. The van der Waals surface area contributed by atoms with Gasteiger partial charge in [0.2, 0.25) is 0 Å². The summed E-state index contributed by atoms with van der Waals surface area (Å²) in [6.07, 6.45) is 1.66. The zero-order valence-electron chi connectivity index (χ0n) is 17.4. The van der Waals surface area contributed by atoms with Crippen LogP contribution in [0.1, 0.15) is 0 Å². The Bertz CT molecular complexity index is 1080. The third-order valence-electron chi connectivity index (χ3n) is 4.92. The Labute approximate surface area is 190 Å². The maximum absolute atomic E-state index is 13.1. The molecule has 1 saturated heterocycles. The monoisotopic (exact) mass is 455 g/mol. The summed E-state index contributed by atoms with van der Waals surface area (Å²) in [5, 5.41) is 2.75. The number of carbonyl (C=O) groups excluding carboxylic acids is 1. The summed E-state index contributed by atoms with van der Waals surface area (Å²) >= 11 is 4.19. The number of anilines is 3. The first-order chi connectivity index (χ1) is 15.5. The normalized spacial score (nSPS) is 13.5. The van der Waals surface area contributed by atoms with Crippen molar-refractivity contribution in [3.63, 3.8) is 0 Å². The Morgan fingerprint density at radius 2 is 1.84 bits per heavy atom. The van der Waals surface area contributed by atoms with Crippen LogP contribution in [0.25, 0.3) is 11.4 Å². The molecule has 4 rings (SSSR count). The van der Waals surface area contributed by atoms with Crippen molar-refractivity contribution in [1.82, 2.24) is 9.97 Å². The van der Waals surface area contributed by atoms with Gasteiger partial charge in [0, 0.05) is 24.3 Å². The average Bonchev–Trinajstić information content (AvgIpc) is 2.84. The number of halogens is 1. The third kappa shape index (κ3) is 4.92. The molecule has 1 N–H and O–H groups in total. The lowest BCUT2D eigenvalue weighted by molar-refractivity contribution is 0.122. The molecular weight excluding hydrogens is 433 g/mol. The summed E-state index contributed by atoms with van der Waals surface area (Å²) in [6, 6.07) is 12.1. The van der Waals surface area contributed by atoms with Crippen LogP contribution in [-0.4, -0.2) is 49.4 Å². The fraction of sp³-hybridized carbons (Fsp3) is 0.227. The average molecular weight is 456 g/mol. The lowest BCUT2D eigenvalue weighted by atomic mass is 10.2. The fourth-order valence-corrected chi connectivity index (χ4v) is 3.41. The van der Waals surface area contributed by atoms with Crippen molar-refractivity contribution >= 4 is 36.0 Å². The number of nitrogens with zero attached hydrogens (tertiary/aromatic N) is 4. The van der Waals surface area contributed by atoms with Gasteiger partial charge in [-0.1, -0.05) is 12.8 Å². The first kappa shape index (κ1) is 21.8. The molecule has 10 heteroatoms. The molecule has 1 aliphatic rings. The van der Waals surface area contributed by atoms with Gasteiger partial charge >= 0.3 is 6.03 Å². The van der Waals surface area contributed by atoms with E-state index in [1.165, 1.54) is 24.3 Å². The highest BCUT2D eigenvalue weighted by atomic mass is 32.1. The topological polar surface area (TPSA) is 79.8 Å². The van der Waals surface area contributed by atoms with Gasteiger partial charge in [0.05, 0.1) is 32.2 Å². The summed E-state index contributed by atoms with van der Waals surface area (Å²) in [5.74, 6) is 1.49. The Morgan fingerprint density at radius 1 is 1.16 bits per heavy atom. The van der Waals surface area contributed by atoms with Crippen molar-refractivity contribution in [2.24, 2.45) is 0 Å². The van der Waals surface area contributed by atoms with E-state index in [4.69, 9.17) is 14.5 Å². The van der Waals surface area contributed by atoms with E-state index in [1.807, 2.05) is 12.1 Å². The minimum Gasteiger partial charge on any atom is -0.491 e. The first-order valence-corrected chi connectivity index (χ1v) is 10.3. The third-order valence-corrected chi connectivity index (χ3v) is 5.34. The van der Waals surface area contributed by atoms with E-state index in [9.17, 15) is 9.18 Å². The number of methoxy groups -OCH3 is 1. The summed E-state index contributed by atoms with van der Waals surface area (Å²) in [7, 11) is 1.59. The van der Waals surface area contributed by atoms with E-state index in [0.29, 0.717) is 36.2 Å². The maximum atomic E-state index is 13.1. The van der Waals surface area contributed by atoms with E-state index < -0.39 is 6.03 Å². The fourth-order valence-electron chi connectivity index (χ4n) is 3.23. The standard InChI is InChI=1S/C22H22FN5O3S/c1-30-19-14-24-20(26-21(19)27-10-12-31-13-11-27)15-2-6-17(7-3-15)25-22(29)28(32)18-8-4-16(23)5-9-18/h2-9,14,32H,10-13H2,1H3,(H,25,29). The van der Waals surface area contributed by atoms with Gasteiger partial charge in [0.1, 0.15) is 5.82 Å². The molecule has 0 radical (unpaired) electrons. The lowest BCUT2D eigenvalue weighted by Gasteiger charge is -2.28. The number of carbonyl (C=O) groups is 1. The molecule has 2 aromatic carbocycles. The van der Waals surface area contributed by atoms with Gasteiger partial charge in [-0.15, -0.1) is 0 Å². The second-order valence-corrected chi connectivity index (χ2v) is 7.38. The van der Waals surface area contributed by atoms with Gasteiger partial charge in [-0.3, -0.25) is 0 Å². The molecule has 1 fully saturated rings. The van der Waals surface area contributed by atoms with Gasteiger partial charge in [0.15, 0.2) is 17.4 Å². The summed E-state index contributed by atoms with van der Waals surface area (Å²) < 4.78 is 25.0. The minimum atomic E-state index is -0.469. The van der Waals surface area contributed by atoms with Gasteiger partial charge < -0.3 is 19.7 Å². The molecule has 0 aliphatic carbocycles. The predicted octanol–water partition coefficient (Wildman–Crippen LogP) is 4.01. The zero-order valence-corrected chi connectivity index (χ0v) is 18.3. The lowest BCUT2D eigenvalue weighted by Crippen LogP contribution is -2.37. The number of benzene rings is 2. The van der Waals surface area contributed by atoms with Crippen molar-refractivity contribution < 1.29 is 18.7 Å². The number of hydrogen-bond acceptors (Lipinski definition) is 7. The first-order valence-electron chi connectivity index (χ1n) is 9.95. The van der Waals surface area contributed by atoms with Crippen LogP contribution in [-0.2, 0) is 4.74 Å². The molecule has 0 atom stereocenters. The number of urea groups is 1. The molecule has 3 aromatic rings. The number of morpholine rings is 1. The molecule has 2 amide bonds. The highest BCUT2D eigenvalue weighted by Gasteiger charge is 2.19. The predicted molar refractivity (Wildman–Crippen MR) is 124 cm³/mol. The van der Waals surface area contributed by atoms with Crippen LogP contribution in [0.15, 0.2) is 54.7 Å². The number of aromatic nitrogens is 2. The summed E-state index contributed by atoms with van der Waals surface area (Å²) in [5.41, 5.74) is 1.81. The Balaban J connectivity index is 1.48. The smallest absolute Gasteiger partial charge is 0.336 e.